The van der Waals surface area contributed by atoms with Gasteiger partial charge in [-0.25, -0.2) is 48.7 Å². The number of aliphatic carboxylic acids is 1. The van der Waals surface area contributed by atoms with Gasteiger partial charge in [0.15, 0.2) is 51.8 Å². The summed E-state index contributed by atoms with van der Waals surface area (Å²) in [6.07, 6.45) is 13.7. The molecule has 0 fully saturated rings. The molecule has 136 heavy (non-hydrogen) atoms. The van der Waals surface area contributed by atoms with E-state index in [0.717, 1.165) is 10.9 Å². The molecule has 0 radical (unpaired) electrons. The Morgan fingerprint density at radius 1 is 0.500 bits per heavy atom. The van der Waals surface area contributed by atoms with Gasteiger partial charge < -0.3 is 57.2 Å². The normalized spacial score (nSPS) is 10.6. The number of hydrogen-bond acceptors (Lipinski definition) is 28. The monoisotopic (exact) mass is 1980 g/mol. The number of amides is 5. The van der Waals surface area contributed by atoms with Crippen molar-refractivity contribution < 1.29 is 99.1 Å². The van der Waals surface area contributed by atoms with Crippen LogP contribution in [0.15, 0.2) is 201 Å². The third-order valence-electron chi connectivity index (χ3n) is 17.6. The number of halogens is 8. The number of ether oxygens (including phenoxy) is 3. The van der Waals surface area contributed by atoms with Crippen molar-refractivity contribution in [2.75, 3.05) is 6.54 Å². The van der Waals surface area contributed by atoms with Crippen molar-refractivity contribution in [2.45, 2.75) is 127 Å². The molecular weight excluding hydrogens is 1890 g/mol. The lowest BCUT2D eigenvalue weighted by molar-refractivity contribution is -0.156. The minimum atomic E-state index is -4.64. The predicted octanol–water partition coefficient (Wildman–Crippen LogP) is 13.8. The molecule has 712 valence electrons. The van der Waals surface area contributed by atoms with Crippen LogP contribution >= 0.6 is 39.1 Å². The molecule has 6 aromatic carbocycles. The number of carboxylic acid groups (broad SMARTS) is 1. The number of phenols is 1. The molecule has 46 heteroatoms. The van der Waals surface area contributed by atoms with E-state index >= 15 is 0 Å². The zero-order valence-corrected chi connectivity index (χ0v) is 77.2. The van der Waals surface area contributed by atoms with Crippen LogP contribution in [0.3, 0.4) is 0 Å². The minimum absolute atomic E-state index is 0.0161. The van der Waals surface area contributed by atoms with Crippen LogP contribution in [-0.4, -0.2) is 178 Å². The quantitative estimate of drug-likeness (QED) is 0.0136. The maximum Gasteiger partial charge on any atom is 0.446 e. The van der Waals surface area contributed by atoms with Gasteiger partial charge in [-0.1, -0.05) is 67.9 Å². The first-order valence-corrected chi connectivity index (χ1v) is 41.8. The Morgan fingerprint density at radius 2 is 0.831 bits per heavy atom. The number of carboxylic acids is 1. The number of nitrogens with one attached hydrogen (secondary N) is 2. The number of aldehydes is 1. The molecule has 38 nitrogen and oxygen atoms in total. The fourth-order valence-corrected chi connectivity index (χ4v) is 12.3. The first kappa shape index (κ1) is 107. The van der Waals surface area contributed by atoms with Gasteiger partial charge in [-0.05, 0) is 154 Å². The molecular formula is C90H90BrCl2F5N22O16. The summed E-state index contributed by atoms with van der Waals surface area (Å²) in [5.41, 5.74) is 19.8. The van der Waals surface area contributed by atoms with Crippen molar-refractivity contribution in [1.29, 1.82) is 0 Å². The van der Waals surface area contributed by atoms with E-state index in [2.05, 4.69) is 107 Å². The summed E-state index contributed by atoms with van der Waals surface area (Å²) in [7, 11) is 0. The number of phenolic OH excluding ortho intramolecular Hbond substituents is 1. The molecule has 0 atom stereocenters. The number of carbonyl (C=O) groups is 11. The van der Waals surface area contributed by atoms with Crippen LogP contribution in [0.4, 0.5) is 22.0 Å². The fourth-order valence-electron chi connectivity index (χ4n) is 11.7. The number of hydrogen-bond donors (Lipinski definition) is 7. The van der Waals surface area contributed by atoms with Crippen molar-refractivity contribution in [1.82, 2.24) is 94.5 Å². The van der Waals surface area contributed by atoms with Gasteiger partial charge in [0.05, 0.1) is 93.4 Å². The van der Waals surface area contributed by atoms with Gasteiger partial charge in [0, 0.05) is 84.5 Å². The fraction of sp³-hybridized carbons (Fsp3) is 0.233. The highest BCUT2D eigenvalue weighted by atomic mass is 79.9. The van der Waals surface area contributed by atoms with Crippen LogP contribution in [0.2, 0.25) is 10.0 Å². The molecule has 8 aromatic heterocycles. The van der Waals surface area contributed by atoms with Gasteiger partial charge in [0.1, 0.15) is 84.4 Å². The lowest BCUT2D eigenvalue weighted by Gasteiger charge is -2.26. The molecule has 0 aliphatic carbocycles. The van der Waals surface area contributed by atoms with Gasteiger partial charge in [0.25, 0.3) is 11.8 Å². The highest BCUT2D eigenvalue weighted by Gasteiger charge is 2.27. The molecule has 0 saturated heterocycles. The summed E-state index contributed by atoms with van der Waals surface area (Å²) in [5, 5.41) is 42.2. The summed E-state index contributed by atoms with van der Waals surface area (Å²) in [6.45, 7) is 17.9. The number of fused-ring (bicyclic) bond motifs is 4. The molecule has 0 unspecified atom stereocenters. The maximum absolute atomic E-state index is 14.1. The predicted molar refractivity (Wildman–Crippen MR) is 491 cm³/mol. The molecule has 14 rings (SSSR count). The van der Waals surface area contributed by atoms with Crippen molar-refractivity contribution in [3.63, 3.8) is 0 Å². The number of alkyl halides is 3. The van der Waals surface area contributed by atoms with Gasteiger partial charge in [-0.3, -0.25) is 71.5 Å². The minimum Gasteiger partial charge on any atom is -0.508 e. The highest BCUT2D eigenvalue weighted by molar-refractivity contribution is 9.10. The third kappa shape index (κ3) is 34.1. The standard InChI is InChI=1S/C26H25ClFN7O4.C16H14N4O3.C15H12N4O4.C13H17ClFNO.C11H11N3O3.C4H3BrN2.C3H7N.C2HF3O/c1-15(2)34(12-22(36)32-9-16-4-3-5-20(27)24(16)28)23(37)13-35-21-7-6-17(39-18-10-30-14-31-11-18)8-19(21)25(33-35)26(29)38;1-10(21)8-20-15-4-3-12(23-13-6-17-9-18-7-13)5-14(15)16(19-20)11(2)22;1-9(20)15-12-4-10(23-11-5-16-8-17-6-11)2-3-13(12)19(18-15)7-14(21)22;1-9(2)6-7-12(17)16-8-10-4-3-5-11(14)13(10)15;1-6(15)5-14-9-3-2-7(16)4-8(9)10(13-14)11(12)17;5-4-1-6-3-7-2-4;1-3(2)4;3-2(4,5)1-6/h3-8,10-11,14-15H,9,12-13H2,1-2H3,(H2,29,38)(H,32,36);3-7,9H,8H2,1-2H3;2-6,8H,7H2,1H3,(H,21,22);3-5,9H,6-8H2,1-2H3,(H,16,17);2-4,16H,5H2,1H3,(H2,12,17);1-3H;1,4H2,2H3;1H. The summed E-state index contributed by atoms with van der Waals surface area (Å²) in [5.74, 6) is -1.83. The number of carbonyl (C=O) groups excluding carboxylic acids is 10. The summed E-state index contributed by atoms with van der Waals surface area (Å²) >= 11 is 14.6. The molecule has 0 spiro atoms. The number of nitrogens with two attached hydrogens (primary N) is 3. The van der Waals surface area contributed by atoms with E-state index in [1.807, 2.05) is 0 Å². The highest BCUT2D eigenvalue weighted by Crippen LogP contribution is 2.33. The zero-order chi connectivity index (χ0) is 100. The Bertz CT molecular complexity index is 6430. The van der Waals surface area contributed by atoms with E-state index in [4.69, 9.17) is 64.5 Å². The van der Waals surface area contributed by atoms with Gasteiger partial charge >= 0.3 is 12.1 Å². The summed E-state index contributed by atoms with van der Waals surface area (Å²) in [6, 6.07) is 28.5. The van der Waals surface area contributed by atoms with Crippen molar-refractivity contribution in [3.05, 3.63) is 256 Å². The van der Waals surface area contributed by atoms with Gasteiger partial charge in [-0.15, -0.1) is 0 Å². The van der Waals surface area contributed by atoms with Gasteiger partial charge in [-0.2, -0.15) is 33.6 Å². The number of nitrogens with zero attached hydrogens (tertiary/aromatic N) is 17. The first-order valence-electron chi connectivity index (χ1n) is 40.3. The summed E-state index contributed by atoms with van der Waals surface area (Å²) in [4.78, 5) is 158. The zero-order valence-electron chi connectivity index (χ0n) is 74.1. The molecule has 10 N–H and O–H groups in total. The van der Waals surface area contributed by atoms with E-state index in [0.29, 0.717) is 107 Å². The Hall–Kier alpha value is -15.9. The van der Waals surface area contributed by atoms with E-state index in [9.17, 15) is 75.0 Å². The SMILES string of the molecule is Brc1cncnc1.C=C(C)N.CC(=O)Cn1nc(C(C)=O)c2cc(Oc3cncnc3)ccc21.CC(=O)Cn1nc(C(N)=O)c2cc(O)ccc21.CC(=O)c1nn(CC(=O)O)c2ccc(Oc3cncnc3)cc12.CC(C)CCC(=O)NCc1cccc(Cl)c1F.CC(C)N(CC(=O)NCc1cccc(Cl)c1F)C(=O)Cn1nc(C(N)=O)c2cc(Oc3cncnc3)ccc21.O=CC(F)(F)F. The summed E-state index contributed by atoms with van der Waals surface area (Å²) < 4.78 is 82.4. The molecule has 5 amide bonds. The number of rotatable bonds is 28. The van der Waals surface area contributed by atoms with Crippen molar-refractivity contribution >= 4 is 148 Å². The smallest absolute Gasteiger partial charge is 0.446 e. The second-order valence-electron chi connectivity index (χ2n) is 29.5. The van der Waals surface area contributed by atoms with Crippen LogP contribution in [0.5, 0.6) is 40.2 Å². The van der Waals surface area contributed by atoms with Crippen molar-refractivity contribution in [2.24, 2.45) is 23.1 Å². The van der Waals surface area contributed by atoms with Crippen LogP contribution < -0.4 is 42.0 Å². The average Bonchev–Trinajstić information content (AvgIpc) is 1.65. The lowest BCUT2D eigenvalue weighted by atomic mass is 10.1. The Labute approximate surface area is 790 Å². The molecule has 14 aromatic rings. The second kappa shape index (κ2) is 51.8. The molecule has 0 aliphatic heterocycles. The number of Topliss-reactive ketones (excluding diaryl/α,β-unsaturated/α-hetero) is 4. The Morgan fingerprint density at radius 3 is 1.15 bits per heavy atom. The number of primary amides is 2. The van der Waals surface area contributed by atoms with E-state index in [1.165, 1.54) is 132 Å². The van der Waals surface area contributed by atoms with Crippen LogP contribution in [-0.2, 0) is 72.8 Å². The number of ketones is 4. The Balaban J connectivity index is 0.000000228. The Kier molecular flexibility index (Phi) is 40.8. The van der Waals surface area contributed by atoms with Crippen LogP contribution in [0, 0.1) is 17.6 Å². The first-order chi connectivity index (χ1) is 64.4. The van der Waals surface area contributed by atoms with Crippen molar-refractivity contribution in [3.8, 4) is 40.2 Å². The number of allylic oxidation sites excluding steroid dienone is 1. The number of aromatic hydroxyl groups is 1. The topological polar surface area (TPSA) is 536 Å². The van der Waals surface area contributed by atoms with Crippen LogP contribution in [0.1, 0.15) is 128 Å². The molecule has 0 bridgehead atoms. The lowest BCUT2D eigenvalue weighted by Crippen LogP contribution is -2.45. The van der Waals surface area contributed by atoms with E-state index < -0.39 is 53.7 Å². The molecule has 0 saturated carbocycles. The third-order valence-corrected chi connectivity index (χ3v) is 18.5. The number of aromatic nitrogens is 16. The van der Waals surface area contributed by atoms with E-state index in [1.54, 1.807) is 124 Å². The maximum atomic E-state index is 14.1. The second-order valence-corrected chi connectivity index (χ2v) is 31.3. The largest absolute Gasteiger partial charge is 0.508 e. The molecule has 0 aliphatic rings. The average molecular weight is 1980 g/mol. The van der Waals surface area contributed by atoms with Gasteiger partial charge in [0.2, 0.25) is 24.0 Å². The number of benzene rings is 6. The van der Waals surface area contributed by atoms with E-state index in [-0.39, 0.29) is 119 Å². The van der Waals surface area contributed by atoms with Crippen LogP contribution in [0.25, 0.3) is 43.6 Å². The molecule has 8 heterocycles.